The third-order valence-electron chi connectivity index (χ3n) is 1.56. The maximum absolute atomic E-state index is 3.94. The van der Waals surface area contributed by atoms with Gasteiger partial charge in [0.25, 0.3) is 0 Å². The van der Waals surface area contributed by atoms with Gasteiger partial charge in [-0.2, -0.15) is 10.5 Å². The van der Waals surface area contributed by atoms with Crippen LogP contribution in [0.4, 0.5) is 0 Å². The average molecular weight is 152 g/mol. The molecule has 0 saturated heterocycles. The van der Waals surface area contributed by atoms with E-state index in [1.165, 1.54) is 0 Å². The highest BCUT2D eigenvalue weighted by Gasteiger charge is 2.00. The quantitative estimate of drug-likeness (QED) is 0.586. The van der Waals surface area contributed by atoms with Crippen LogP contribution in [-0.2, 0) is 0 Å². The molecule has 0 aromatic carbocycles. The van der Waals surface area contributed by atoms with Gasteiger partial charge in [-0.3, -0.25) is 0 Å². The lowest BCUT2D eigenvalue weighted by molar-refractivity contribution is 0.404. The second-order valence-corrected chi connectivity index (χ2v) is 2.93. The van der Waals surface area contributed by atoms with E-state index in [0.717, 1.165) is 25.1 Å². The summed E-state index contributed by atoms with van der Waals surface area (Å²) in [7, 11) is 4.16. The van der Waals surface area contributed by atoms with Gasteiger partial charge in [0.05, 0.1) is 11.9 Å². The largest absolute Gasteiger partial charge is 0.309 e. The Bertz CT molecular complexity index is 170. The first-order valence-corrected chi connectivity index (χ1v) is 3.87. The summed E-state index contributed by atoms with van der Waals surface area (Å²) in [5.41, 5.74) is 4.86. The highest BCUT2D eigenvalue weighted by atomic mass is 15.3. The Kier molecular flexibility index (Phi) is 3.11. The molecule has 0 aliphatic carbocycles. The third-order valence-corrected chi connectivity index (χ3v) is 1.56. The molecule has 1 heterocycles. The summed E-state index contributed by atoms with van der Waals surface area (Å²) in [6.07, 6.45) is 5.91. The maximum Gasteiger partial charge on any atom is 0.0647 e. The zero-order valence-corrected chi connectivity index (χ0v) is 7.12. The lowest BCUT2D eigenvalue weighted by atomic mass is 10.2. The fraction of sp³-hybridized carbons (Fsp3) is 0.625. The third kappa shape index (κ3) is 3.18. The average Bonchev–Trinajstić information content (AvgIpc) is 2.39. The Morgan fingerprint density at radius 2 is 2.27 bits per heavy atom. The van der Waals surface area contributed by atoms with Gasteiger partial charge in [0.1, 0.15) is 0 Å². The van der Waals surface area contributed by atoms with Gasteiger partial charge in [0.15, 0.2) is 0 Å². The molecule has 0 spiro atoms. The smallest absolute Gasteiger partial charge is 0.0647 e. The van der Waals surface area contributed by atoms with E-state index in [2.05, 4.69) is 29.5 Å². The Morgan fingerprint density at radius 1 is 1.45 bits per heavy atom. The number of rotatable bonds is 4. The summed E-state index contributed by atoms with van der Waals surface area (Å²) in [5, 5.41) is 3.94. The van der Waals surface area contributed by atoms with Crippen molar-refractivity contribution >= 4 is 5.71 Å². The molecule has 0 amide bonds. The summed E-state index contributed by atoms with van der Waals surface area (Å²) in [6.45, 7) is 1.12. The first-order valence-electron chi connectivity index (χ1n) is 3.87. The van der Waals surface area contributed by atoms with Crippen LogP contribution in [0.2, 0.25) is 0 Å². The number of nitrogens with zero attached hydrogens (tertiary/aromatic N) is 3. The molecule has 1 radical (unpaired) electrons. The van der Waals surface area contributed by atoms with Crippen LogP contribution in [0.15, 0.2) is 17.4 Å². The van der Waals surface area contributed by atoms with Crippen molar-refractivity contribution in [3.63, 3.8) is 0 Å². The van der Waals surface area contributed by atoms with E-state index in [0.29, 0.717) is 0 Å². The second kappa shape index (κ2) is 4.13. The van der Waals surface area contributed by atoms with E-state index in [9.17, 15) is 0 Å². The normalized spacial score (nSPS) is 15.4. The van der Waals surface area contributed by atoms with Crippen molar-refractivity contribution in [1.29, 1.82) is 0 Å². The van der Waals surface area contributed by atoms with E-state index >= 15 is 0 Å². The molecule has 0 saturated carbocycles. The fourth-order valence-corrected chi connectivity index (χ4v) is 0.970. The van der Waals surface area contributed by atoms with Crippen LogP contribution in [0.25, 0.3) is 0 Å². The van der Waals surface area contributed by atoms with Crippen LogP contribution in [0.3, 0.4) is 0 Å². The van der Waals surface area contributed by atoms with E-state index in [1.807, 2.05) is 6.08 Å². The van der Waals surface area contributed by atoms with E-state index < -0.39 is 0 Å². The van der Waals surface area contributed by atoms with Gasteiger partial charge in [-0.05, 0) is 39.6 Å². The Hall–Kier alpha value is -0.830. The van der Waals surface area contributed by atoms with Gasteiger partial charge < -0.3 is 4.90 Å². The van der Waals surface area contributed by atoms with Crippen LogP contribution in [0.1, 0.15) is 12.8 Å². The van der Waals surface area contributed by atoms with Gasteiger partial charge in [0.2, 0.25) is 0 Å². The van der Waals surface area contributed by atoms with E-state index in [1.54, 1.807) is 6.20 Å². The summed E-state index contributed by atoms with van der Waals surface area (Å²) in [6, 6.07) is 0. The Labute approximate surface area is 67.8 Å². The molecule has 1 rings (SSSR count). The summed E-state index contributed by atoms with van der Waals surface area (Å²) < 4.78 is 0. The lowest BCUT2D eigenvalue weighted by Crippen LogP contribution is -2.13. The first-order chi connectivity index (χ1) is 5.29. The zero-order chi connectivity index (χ0) is 8.10. The van der Waals surface area contributed by atoms with Crippen molar-refractivity contribution in [1.82, 2.24) is 10.3 Å². The maximum atomic E-state index is 3.94. The van der Waals surface area contributed by atoms with Gasteiger partial charge >= 0.3 is 0 Å². The fourth-order valence-electron chi connectivity index (χ4n) is 0.970. The zero-order valence-electron chi connectivity index (χ0n) is 7.12. The number of hydrogen-bond donors (Lipinski definition) is 0. The monoisotopic (exact) mass is 152 g/mol. The van der Waals surface area contributed by atoms with Crippen molar-refractivity contribution in [2.24, 2.45) is 5.10 Å². The molecular weight excluding hydrogens is 138 g/mol. The van der Waals surface area contributed by atoms with Crippen LogP contribution < -0.4 is 5.43 Å². The SMILES string of the molecule is CN(C)CCCC1=N[N]C=C1. The molecule has 0 aromatic heterocycles. The van der Waals surface area contributed by atoms with Gasteiger partial charge in [-0.1, -0.05) is 0 Å². The van der Waals surface area contributed by atoms with Crippen molar-refractivity contribution in [3.05, 3.63) is 12.3 Å². The minimum absolute atomic E-state index is 1.04. The topological polar surface area (TPSA) is 29.7 Å². The molecule has 11 heavy (non-hydrogen) atoms. The lowest BCUT2D eigenvalue weighted by Gasteiger charge is -2.07. The first kappa shape index (κ1) is 8.27. The Morgan fingerprint density at radius 3 is 2.82 bits per heavy atom. The van der Waals surface area contributed by atoms with Gasteiger partial charge in [0, 0.05) is 0 Å². The second-order valence-electron chi connectivity index (χ2n) is 2.93. The molecule has 0 unspecified atom stereocenters. The van der Waals surface area contributed by atoms with Gasteiger partial charge in [-0.25, -0.2) is 0 Å². The Balaban J connectivity index is 2.08. The van der Waals surface area contributed by atoms with Crippen molar-refractivity contribution in [2.75, 3.05) is 20.6 Å². The summed E-state index contributed by atoms with van der Waals surface area (Å²) >= 11 is 0. The minimum atomic E-state index is 1.04. The molecule has 0 N–H and O–H groups in total. The standard InChI is InChI=1S/C8H14N3/c1-11(2)7-3-4-8-5-6-9-10-8/h5-6H,3-4,7H2,1-2H3. The number of hydrogen-bond acceptors (Lipinski definition) is 2. The molecule has 0 atom stereocenters. The summed E-state index contributed by atoms with van der Waals surface area (Å²) in [5.74, 6) is 0. The molecular formula is C8H14N3. The highest BCUT2D eigenvalue weighted by Crippen LogP contribution is 1.99. The predicted octanol–water partition coefficient (Wildman–Crippen LogP) is 0.816. The van der Waals surface area contributed by atoms with Crippen LogP contribution in [0.5, 0.6) is 0 Å². The minimum Gasteiger partial charge on any atom is -0.309 e. The molecule has 0 fully saturated rings. The number of allylic oxidation sites excluding steroid dienone is 1. The summed E-state index contributed by atoms with van der Waals surface area (Å²) in [4.78, 5) is 2.18. The van der Waals surface area contributed by atoms with Crippen LogP contribution >= 0.6 is 0 Å². The molecule has 3 nitrogen and oxygen atoms in total. The molecule has 0 aromatic rings. The van der Waals surface area contributed by atoms with E-state index in [4.69, 9.17) is 0 Å². The molecule has 3 heteroatoms. The highest BCUT2D eigenvalue weighted by molar-refractivity contribution is 5.95. The van der Waals surface area contributed by atoms with Crippen molar-refractivity contribution in [3.8, 4) is 0 Å². The van der Waals surface area contributed by atoms with E-state index in [-0.39, 0.29) is 0 Å². The molecule has 61 valence electrons. The van der Waals surface area contributed by atoms with Crippen LogP contribution in [-0.4, -0.2) is 31.3 Å². The molecule has 0 bridgehead atoms. The van der Waals surface area contributed by atoms with Crippen molar-refractivity contribution in [2.45, 2.75) is 12.8 Å². The molecule has 1 aliphatic rings. The van der Waals surface area contributed by atoms with Gasteiger partial charge in [-0.15, -0.1) is 0 Å². The van der Waals surface area contributed by atoms with Crippen molar-refractivity contribution < 1.29 is 0 Å². The van der Waals surface area contributed by atoms with Crippen LogP contribution in [0, 0.1) is 0 Å². The molecule has 1 aliphatic heterocycles. The predicted molar refractivity (Wildman–Crippen MR) is 46.5 cm³/mol.